The molecule has 5 heteroatoms. The Morgan fingerprint density at radius 3 is 2.54 bits per heavy atom. The second-order valence-corrected chi connectivity index (χ2v) is 6.67. The highest BCUT2D eigenvalue weighted by atomic mass is 16.6. The summed E-state index contributed by atoms with van der Waals surface area (Å²) in [5, 5.41) is 12.6. The van der Waals surface area contributed by atoms with Crippen molar-refractivity contribution in [3.05, 3.63) is 48.0 Å². The molecule has 0 saturated heterocycles. The topological polar surface area (TPSA) is 67.8 Å². The molecule has 1 unspecified atom stereocenters. The van der Waals surface area contributed by atoms with Gasteiger partial charge in [-0.05, 0) is 52.1 Å². The van der Waals surface area contributed by atoms with Gasteiger partial charge in [-0.25, -0.2) is 4.79 Å². The highest BCUT2D eigenvalue weighted by Crippen LogP contribution is 2.13. The van der Waals surface area contributed by atoms with Crippen LogP contribution in [0.25, 0.3) is 0 Å². The maximum Gasteiger partial charge on any atom is 0.333 e. The molecule has 1 aromatic carbocycles. The number of benzene rings is 1. The summed E-state index contributed by atoms with van der Waals surface area (Å²) in [6.07, 6.45) is 1.17. The zero-order valence-corrected chi connectivity index (χ0v) is 14.9. The second-order valence-electron chi connectivity index (χ2n) is 6.67. The number of esters is 1. The molecule has 1 rings (SSSR count). The molecule has 0 amide bonds. The summed E-state index contributed by atoms with van der Waals surface area (Å²) in [6, 6.07) is 9.67. The number of rotatable bonds is 10. The molecule has 0 radical (unpaired) electrons. The fourth-order valence-corrected chi connectivity index (χ4v) is 1.95. The molecule has 0 bridgehead atoms. The number of aliphatic hydroxyl groups excluding tert-OH is 1. The Morgan fingerprint density at radius 2 is 1.92 bits per heavy atom. The number of nitrogens with one attached hydrogen (secondary N) is 1. The van der Waals surface area contributed by atoms with Gasteiger partial charge in [-0.2, -0.15) is 0 Å². The summed E-state index contributed by atoms with van der Waals surface area (Å²) in [4.78, 5) is 11.8. The largest absolute Gasteiger partial charge is 0.457 e. The normalized spacial score (nSPS) is 12.7. The van der Waals surface area contributed by atoms with Gasteiger partial charge in [-0.3, -0.25) is 5.32 Å². The molecule has 0 aliphatic heterocycles. The molecule has 134 valence electrons. The van der Waals surface area contributed by atoms with Gasteiger partial charge in [0.05, 0.1) is 6.61 Å². The molecule has 0 spiro atoms. The quantitative estimate of drug-likeness (QED) is 0.298. The lowest BCUT2D eigenvalue weighted by molar-refractivity contribution is -0.150. The van der Waals surface area contributed by atoms with E-state index in [1.807, 2.05) is 51.1 Å². The van der Waals surface area contributed by atoms with Crippen LogP contribution in [0.3, 0.4) is 0 Å². The Labute approximate surface area is 144 Å². The van der Waals surface area contributed by atoms with Crippen molar-refractivity contribution in [1.29, 1.82) is 0 Å². The average Bonchev–Trinajstić information content (AvgIpc) is 2.51. The first kappa shape index (κ1) is 20.4. The van der Waals surface area contributed by atoms with Crippen LogP contribution < -0.4 is 5.32 Å². The number of hydrogen-bond acceptors (Lipinski definition) is 5. The van der Waals surface area contributed by atoms with Crippen LogP contribution in [-0.2, 0) is 20.9 Å². The second kappa shape index (κ2) is 10.2. The third-order valence-electron chi connectivity index (χ3n) is 3.16. The van der Waals surface area contributed by atoms with Crippen LogP contribution in [0.2, 0.25) is 0 Å². The molecule has 0 aliphatic rings. The van der Waals surface area contributed by atoms with E-state index in [1.165, 1.54) is 0 Å². The van der Waals surface area contributed by atoms with E-state index in [2.05, 4.69) is 11.9 Å². The third kappa shape index (κ3) is 9.45. The van der Waals surface area contributed by atoms with Gasteiger partial charge >= 0.3 is 5.97 Å². The summed E-state index contributed by atoms with van der Waals surface area (Å²) < 4.78 is 10.6. The molecule has 0 fully saturated rings. The molecule has 24 heavy (non-hydrogen) atoms. The molecule has 1 atom stereocenters. The van der Waals surface area contributed by atoms with Crippen molar-refractivity contribution < 1.29 is 19.4 Å². The minimum Gasteiger partial charge on any atom is -0.457 e. The van der Waals surface area contributed by atoms with Gasteiger partial charge in [0.1, 0.15) is 5.60 Å². The fourth-order valence-electron chi connectivity index (χ4n) is 1.95. The number of carbonyl (C=O) groups excluding carboxylic acids is 1. The van der Waals surface area contributed by atoms with Crippen molar-refractivity contribution in [2.75, 3.05) is 6.54 Å². The third-order valence-corrected chi connectivity index (χ3v) is 3.16. The minimum atomic E-state index is -1.00. The van der Waals surface area contributed by atoms with Gasteiger partial charge in [-0.1, -0.05) is 36.9 Å². The summed E-state index contributed by atoms with van der Waals surface area (Å²) in [7, 11) is 0. The van der Waals surface area contributed by atoms with E-state index in [4.69, 9.17) is 9.47 Å². The summed E-state index contributed by atoms with van der Waals surface area (Å²) in [5.74, 6) is -0.346. The van der Waals surface area contributed by atoms with Crippen LogP contribution in [0.5, 0.6) is 0 Å². The number of unbranched alkanes of at least 4 members (excludes halogenated alkanes) is 1. The van der Waals surface area contributed by atoms with Crippen LogP contribution in [0.4, 0.5) is 0 Å². The standard InChI is InChI=1S/C19H29NO4/c1-15(17(21)24-19(2,3)4)10-8-9-13-20-18(22)23-14-16-11-6-5-7-12-16/h5-7,11-12,18,20,22H,1,8-10,13-14H2,2-4H3. The first-order chi connectivity index (χ1) is 11.3. The van der Waals surface area contributed by atoms with Crippen LogP contribution in [0, 0.1) is 0 Å². The summed E-state index contributed by atoms with van der Waals surface area (Å²) >= 11 is 0. The Morgan fingerprint density at radius 1 is 1.25 bits per heavy atom. The minimum absolute atomic E-state index is 0.346. The van der Waals surface area contributed by atoms with Gasteiger partial charge < -0.3 is 14.6 Å². The Hall–Kier alpha value is -1.69. The van der Waals surface area contributed by atoms with Crippen molar-refractivity contribution in [1.82, 2.24) is 5.32 Å². The lowest BCUT2D eigenvalue weighted by Gasteiger charge is -2.20. The van der Waals surface area contributed by atoms with Crippen molar-refractivity contribution in [3.8, 4) is 0 Å². The molecular formula is C19H29NO4. The smallest absolute Gasteiger partial charge is 0.333 e. The molecule has 0 heterocycles. The molecule has 1 aromatic rings. The fraction of sp³-hybridized carbons (Fsp3) is 0.526. The summed E-state index contributed by atoms with van der Waals surface area (Å²) in [6.45, 7) is 10.2. The first-order valence-corrected chi connectivity index (χ1v) is 8.26. The monoisotopic (exact) mass is 335 g/mol. The molecule has 0 aliphatic carbocycles. The lowest BCUT2D eigenvalue weighted by Crippen LogP contribution is -2.32. The van der Waals surface area contributed by atoms with Crippen molar-refractivity contribution in [3.63, 3.8) is 0 Å². The number of carbonyl (C=O) groups is 1. The van der Waals surface area contributed by atoms with Crippen LogP contribution in [-0.4, -0.2) is 29.6 Å². The van der Waals surface area contributed by atoms with E-state index in [0.717, 1.165) is 18.4 Å². The van der Waals surface area contributed by atoms with Gasteiger partial charge in [0.15, 0.2) is 0 Å². The highest BCUT2D eigenvalue weighted by molar-refractivity contribution is 5.87. The van der Waals surface area contributed by atoms with Crippen LogP contribution in [0.1, 0.15) is 45.6 Å². The van der Waals surface area contributed by atoms with Crippen LogP contribution in [0.15, 0.2) is 42.5 Å². The highest BCUT2D eigenvalue weighted by Gasteiger charge is 2.18. The predicted octanol–water partition coefficient (Wildman–Crippen LogP) is 3.14. The zero-order valence-electron chi connectivity index (χ0n) is 14.9. The molecule has 0 saturated carbocycles. The Kier molecular flexibility index (Phi) is 8.68. The Bertz CT molecular complexity index is 508. The van der Waals surface area contributed by atoms with E-state index in [0.29, 0.717) is 25.1 Å². The molecule has 2 N–H and O–H groups in total. The zero-order chi connectivity index (χ0) is 18.0. The summed E-state index contributed by atoms with van der Waals surface area (Å²) in [5.41, 5.74) is 0.986. The van der Waals surface area contributed by atoms with Gasteiger partial charge in [0.2, 0.25) is 6.41 Å². The van der Waals surface area contributed by atoms with Crippen molar-refractivity contribution in [2.24, 2.45) is 0 Å². The van der Waals surface area contributed by atoms with Crippen molar-refractivity contribution >= 4 is 5.97 Å². The molecule has 5 nitrogen and oxygen atoms in total. The van der Waals surface area contributed by atoms with Gasteiger partial charge in [-0.15, -0.1) is 0 Å². The molecular weight excluding hydrogens is 306 g/mol. The molecule has 0 aromatic heterocycles. The SMILES string of the molecule is C=C(CCCCNC(O)OCc1ccccc1)C(=O)OC(C)(C)C. The van der Waals surface area contributed by atoms with E-state index < -0.39 is 12.0 Å². The van der Waals surface area contributed by atoms with E-state index in [-0.39, 0.29) is 5.97 Å². The van der Waals surface area contributed by atoms with E-state index in [9.17, 15) is 9.90 Å². The Balaban J connectivity index is 2.08. The maximum atomic E-state index is 11.8. The van der Waals surface area contributed by atoms with Gasteiger partial charge in [0.25, 0.3) is 0 Å². The lowest BCUT2D eigenvalue weighted by atomic mass is 10.1. The van der Waals surface area contributed by atoms with Gasteiger partial charge in [0, 0.05) is 5.57 Å². The predicted molar refractivity (Wildman–Crippen MR) is 94.1 cm³/mol. The maximum absolute atomic E-state index is 11.8. The average molecular weight is 335 g/mol. The van der Waals surface area contributed by atoms with Crippen LogP contribution >= 0.6 is 0 Å². The number of ether oxygens (including phenoxy) is 2. The van der Waals surface area contributed by atoms with E-state index >= 15 is 0 Å². The first-order valence-electron chi connectivity index (χ1n) is 8.26. The number of hydrogen-bond donors (Lipinski definition) is 2. The number of aliphatic hydroxyl groups is 1. The van der Waals surface area contributed by atoms with Crippen molar-refractivity contribution in [2.45, 2.75) is 58.7 Å². The van der Waals surface area contributed by atoms with E-state index in [1.54, 1.807) is 0 Å².